The highest BCUT2D eigenvalue weighted by molar-refractivity contribution is 8.93. The smallest absolute Gasteiger partial charge is 0.159 e. The van der Waals surface area contributed by atoms with Crippen LogP contribution in [0.3, 0.4) is 0 Å². The molecule has 0 unspecified atom stereocenters. The fourth-order valence-electron chi connectivity index (χ4n) is 6.62. The third kappa shape index (κ3) is 24.4. The fourth-order valence-corrected chi connectivity index (χ4v) is 11.2. The maximum atomic E-state index is 7.20. The summed E-state index contributed by atoms with van der Waals surface area (Å²) >= 11 is 66.4. The molecule has 0 bridgehead atoms. The van der Waals surface area contributed by atoms with Crippen LogP contribution in [0.1, 0.15) is 38.9 Å². The molecule has 2 heterocycles. The molecular formula is C48H53Br2Cl10N11S4. The summed E-state index contributed by atoms with van der Waals surface area (Å²) in [7, 11) is 0. The van der Waals surface area contributed by atoms with Crippen molar-refractivity contribution in [1.29, 1.82) is 10.8 Å². The lowest BCUT2D eigenvalue weighted by Gasteiger charge is -2.27. The zero-order chi connectivity index (χ0) is 53.0. The molecule has 7 rings (SSSR count). The molecule has 5 aromatic carbocycles. The summed E-state index contributed by atoms with van der Waals surface area (Å²) in [6.45, 7) is 5.10. The van der Waals surface area contributed by atoms with Crippen molar-refractivity contribution in [3.05, 3.63) is 168 Å². The summed E-state index contributed by atoms with van der Waals surface area (Å²) in [6.07, 6.45) is 2.59. The van der Waals surface area contributed by atoms with Gasteiger partial charge in [-0.1, -0.05) is 181 Å². The number of amidine groups is 4. The van der Waals surface area contributed by atoms with E-state index in [0.29, 0.717) is 81.6 Å². The molecule has 0 fully saturated rings. The zero-order valence-electron chi connectivity index (χ0n) is 39.7. The number of hydrogen-bond acceptors (Lipinski definition) is 13. The quantitative estimate of drug-likeness (QED) is 0.0369. The Hall–Kier alpha value is -0.880. The summed E-state index contributed by atoms with van der Waals surface area (Å²) in [5.41, 5.74) is 23.6. The topological polar surface area (TPSA) is 181 Å². The second-order valence-corrected chi connectivity index (χ2v) is 23.9. The molecule has 0 saturated carbocycles. The van der Waals surface area contributed by atoms with Crippen molar-refractivity contribution in [2.24, 2.45) is 27.2 Å². The lowest BCUT2D eigenvalue weighted by atomic mass is 10.1. The number of benzene rings is 5. The van der Waals surface area contributed by atoms with Crippen molar-refractivity contribution < 1.29 is 0 Å². The monoisotopic (exact) mass is 1420 g/mol. The van der Waals surface area contributed by atoms with Crippen molar-refractivity contribution >= 4 is 218 Å². The van der Waals surface area contributed by atoms with Crippen LogP contribution in [0.2, 0.25) is 50.2 Å². The van der Waals surface area contributed by atoms with Gasteiger partial charge in [0, 0.05) is 36.1 Å². The highest BCUT2D eigenvalue weighted by Crippen LogP contribution is 2.33. The molecule has 11 nitrogen and oxygen atoms in total. The summed E-state index contributed by atoms with van der Waals surface area (Å²) in [5.74, 6) is 2.54. The average molecular weight is 1430 g/mol. The molecule has 408 valence electrons. The first kappa shape index (κ1) is 68.4. The number of nitrogens with one attached hydrogen (secondary N) is 4. The van der Waals surface area contributed by atoms with E-state index in [0.717, 1.165) is 106 Å². The van der Waals surface area contributed by atoms with Crippen molar-refractivity contribution in [2.45, 2.75) is 42.3 Å². The first-order chi connectivity index (χ1) is 34.9. The van der Waals surface area contributed by atoms with Crippen LogP contribution >= 0.6 is 197 Å². The molecule has 75 heavy (non-hydrogen) atoms. The Kier molecular flexibility index (Phi) is 32.6. The van der Waals surface area contributed by atoms with E-state index >= 15 is 0 Å². The second-order valence-electron chi connectivity index (χ2n) is 15.9. The lowest BCUT2D eigenvalue weighted by Crippen LogP contribution is -2.42. The zero-order valence-corrected chi connectivity index (χ0v) is 53.9. The van der Waals surface area contributed by atoms with Crippen LogP contribution in [-0.4, -0.2) is 76.8 Å². The van der Waals surface area contributed by atoms with Gasteiger partial charge in [-0.15, -0.1) is 34.0 Å². The molecular weight excluding hydrogens is 1370 g/mol. The van der Waals surface area contributed by atoms with Crippen LogP contribution < -0.4 is 27.8 Å². The Morgan fingerprint density at radius 1 is 0.467 bits per heavy atom. The SMILES string of the molecule is Br.Br.Clc1ccc(CCN2CN=C(SCc3cc(Cl)c(Cl)cc3CSC3=NCN(CCc4ccc(Cl)c(Cl)c4)CN3)NC2)cc1Cl.N=C(N)SCc1cc(Cl)c(Cl)cc1CSC(=N)N.NCCc1ccc(Cl)c(Cl)c1. The van der Waals surface area contributed by atoms with E-state index in [2.05, 4.69) is 20.4 Å². The maximum Gasteiger partial charge on any atom is 0.159 e. The number of rotatable bonds is 16. The highest BCUT2D eigenvalue weighted by atomic mass is 79.9. The number of nitrogens with two attached hydrogens (primary N) is 3. The summed E-state index contributed by atoms with van der Waals surface area (Å²) in [6, 6.07) is 24.5. The van der Waals surface area contributed by atoms with Crippen LogP contribution in [0.4, 0.5) is 0 Å². The Morgan fingerprint density at radius 3 is 1.05 bits per heavy atom. The molecule has 5 aromatic rings. The number of thioether (sulfide) groups is 4. The lowest BCUT2D eigenvalue weighted by molar-refractivity contribution is 0.270. The molecule has 0 atom stereocenters. The van der Waals surface area contributed by atoms with Crippen molar-refractivity contribution in [3.63, 3.8) is 0 Å². The maximum absolute atomic E-state index is 7.20. The van der Waals surface area contributed by atoms with Crippen LogP contribution in [0, 0.1) is 10.8 Å². The van der Waals surface area contributed by atoms with Gasteiger partial charge in [0.25, 0.3) is 0 Å². The number of hydrogen-bond donors (Lipinski definition) is 7. The van der Waals surface area contributed by atoms with Gasteiger partial charge < -0.3 is 27.8 Å². The van der Waals surface area contributed by atoms with Crippen LogP contribution in [0.5, 0.6) is 0 Å². The summed E-state index contributed by atoms with van der Waals surface area (Å²) < 4.78 is 0. The molecule has 10 N–H and O–H groups in total. The van der Waals surface area contributed by atoms with Crippen LogP contribution in [0.25, 0.3) is 0 Å². The van der Waals surface area contributed by atoms with E-state index in [4.69, 9.17) is 154 Å². The normalized spacial score (nSPS) is 13.3. The summed E-state index contributed by atoms with van der Waals surface area (Å²) in [5, 5.41) is 28.7. The van der Waals surface area contributed by atoms with Gasteiger partial charge in [-0.25, -0.2) is 9.98 Å². The second kappa shape index (κ2) is 35.8. The van der Waals surface area contributed by atoms with E-state index in [1.165, 1.54) is 23.5 Å². The molecule has 0 saturated heterocycles. The van der Waals surface area contributed by atoms with Gasteiger partial charge in [0.05, 0.1) is 76.9 Å². The molecule has 0 radical (unpaired) electrons. The predicted octanol–water partition coefficient (Wildman–Crippen LogP) is 15.8. The van der Waals surface area contributed by atoms with Gasteiger partial charge in [0.1, 0.15) is 0 Å². The molecule has 0 amide bonds. The van der Waals surface area contributed by atoms with Gasteiger partial charge in [0.2, 0.25) is 0 Å². The standard InChI is InChI=1S/C30H30Cl6N6S2.C10H12Cl2N4S2.C8H9Cl2N.2BrH/c31-23-3-1-19(9-25(23)33)5-7-41-15-37-29(38-16-41)43-13-21-11-27(35)28(36)12-22(21)14-44-30-39-17-42(18-40-30)8-6-20-2-4-24(32)26(34)10-20;11-7-1-5(3-17-9(13)14)6(2-8(7)12)4-18-10(15)16;9-7-2-1-6(3-4-11)5-8(7)10;;/h1-4,9-12H,5-8,13-18H2,(H,37,38)(H,39,40);1-2H,3-4H2,(H3,13,14)(H3,15,16);1-2,5H,3-4,11H2;2*1H. The van der Waals surface area contributed by atoms with Crippen LogP contribution in [0.15, 0.2) is 88.8 Å². The minimum Gasteiger partial charge on any atom is -0.379 e. The molecule has 0 aromatic heterocycles. The largest absolute Gasteiger partial charge is 0.379 e. The predicted molar refractivity (Wildman–Crippen MR) is 346 cm³/mol. The van der Waals surface area contributed by atoms with E-state index < -0.39 is 0 Å². The Bertz CT molecular complexity index is 2610. The van der Waals surface area contributed by atoms with Gasteiger partial charge >= 0.3 is 0 Å². The minimum absolute atomic E-state index is 0. The van der Waals surface area contributed by atoms with Crippen molar-refractivity contribution in [3.8, 4) is 0 Å². The minimum atomic E-state index is 0. The van der Waals surface area contributed by atoms with Crippen molar-refractivity contribution in [2.75, 3.05) is 46.3 Å². The molecule has 2 aliphatic heterocycles. The number of aliphatic imine (C=N–C) groups is 2. The fraction of sp³-hybridized carbons (Fsp3) is 0.292. The average Bonchev–Trinajstić information content (AvgIpc) is 3.36. The first-order valence-electron chi connectivity index (χ1n) is 22.0. The van der Waals surface area contributed by atoms with Gasteiger partial charge in [0.15, 0.2) is 20.7 Å². The molecule has 2 aliphatic rings. The molecule has 0 aliphatic carbocycles. The molecule has 0 spiro atoms. The van der Waals surface area contributed by atoms with E-state index in [9.17, 15) is 0 Å². The third-order valence-corrected chi connectivity index (χ3v) is 17.7. The van der Waals surface area contributed by atoms with E-state index in [-0.39, 0.29) is 44.3 Å². The van der Waals surface area contributed by atoms with Gasteiger partial charge in [-0.2, -0.15) is 0 Å². The summed E-state index contributed by atoms with van der Waals surface area (Å²) in [4.78, 5) is 14.0. The number of halogens is 12. The van der Waals surface area contributed by atoms with Crippen LogP contribution in [-0.2, 0) is 42.3 Å². The first-order valence-corrected chi connectivity index (χ1v) is 29.8. The van der Waals surface area contributed by atoms with E-state index in [1.807, 2.05) is 60.7 Å². The Morgan fingerprint density at radius 2 is 0.773 bits per heavy atom. The Labute approximate surface area is 527 Å². The van der Waals surface area contributed by atoms with E-state index in [1.54, 1.807) is 41.7 Å². The molecule has 27 heteroatoms. The highest BCUT2D eigenvalue weighted by Gasteiger charge is 2.18. The third-order valence-electron chi connectivity index (χ3n) is 10.5. The number of nitrogens with zero attached hydrogens (tertiary/aromatic N) is 4. The Balaban J connectivity index is 0.000000392. The van der Waals surface area contributed by atoms with Crippen molar-refractivity contribution in [1.82, 2.24) is 20.4 Å². The van der Waals surface area contributed by atoms with Gasteiger partial charge in [-0.05, 0) is 125 Å². The van der Waals surface area contributed by atoms with Gasteiger partial charge in [-0.3, -0.25) is 20.6 Å².